The topological polar surface area (TPSA) is 95.8 Å². The van der Waals surface area contributed by atoms with Crippen LogP contribution in [-0.4, -0.2) is 44.2 Å². The number of rotatable bonds is 10. The van der Waals surface area contributed by atoms with Crippen molar-refractivity contribution < 1.29 is 5.11 Å². The summed E-state index contributed by atoms with van der Waals surface area (Å²) in [5, 5.41) is 17.5. The van der Waals surface area contributed by atoms with Crippen molar-refractivity contribution in [2.45, 2.75) is 70.8 Å². The van der Waals surface area contributed by atoms with Gasteiger partial charge in [-0.3, -0.25) is 4.98 Å². The third kappa shape index (κ3) is 4.43. The summed E-state index contributed by atoms with van der Waals surface area (Å²) in [7, 11) is 0. The van der Waals surface area contributed by atoms with Crippen molar-refractivity contribution >= 4 is 33.3 Å². The third-order valence-corrected chi connectivity index (χ3v) is 7.76. The number of nitrogens with zero attached hydrogens (tertiary/aromatic N) is 4. The Bertz CT molecular complexity index is 1090. The predicted molar refractivity (Wildman–Crippen MR) is 130 cm³/mol. The quantitative estimate of drug-likeness (QED) is 0.393. The van der Waals surface area contributed by atoms with E-state index in [0.29, 0.717) is 23.8 Å². The fourth-order valence-corrected chi connectivity index (χ4v) is 5.28. The molecule has 2 fully saturated rings. The van der Waals surface area contributed by atoms with E-state index >= 15 is 0 Å². The van der Waals surface area contributed by atoms with Crippen LogP contribution in [0.2, 0.25) is 0 Å². The van der Waals surface area contributed by atoms with Crippen molar-refractivity contribution in [2.75, 3.05) is 23.8 Å². The molecule has 2 saturated carbocycles. The molecular weight excluding hydrogens is 420 g/mol. The highest BCUT2D eigenvalue weighted by Gasteiger charge is 2.29. The van der Waals surface area contributed by atoms with Gasteiger partial charge in [0.05, 0.1) is 21.7 Å². The minimum Gasteiger partial charge on any atom is -0.396 e. The van der Waals surface area contributed by atoms with Crippen LogP contribution >= 0.6 is 11.3 Å². The number of pyridine rings is 1. The van der Waals surface area contributed by atoms with Gasteiger partial charge in [0.2, 0.25) is 5.95 Å². The predicted octanol–water partition coefficient (Wildman–Crippen LogP) is 5.12. The molecule has 3 aromatic heterocycles. The average molecular weight is 453 g/mol. The van der Waals surface area contributed by atoms with Crippen LogP contribution < -0.4 is 10.6 Å². The molecular formula is C24H32N6OS. The first-order valence-corrected chi connectivity index (χ1v) is 12.7. The number of thiazole rings is 1. The summed E-state index contributed by atoms with van der Waals surface area (Å²) in [6.07, 6.45) is 9.81. The van der Waals surface area contributed by atoms with Gasteiger partial charge in [-0.25, -0.2) is 9.97 Å². The first-order valence-electron chi connectivity index (χ1n) is 11.9. The van der Waals surface area contributed by atoms with Gasteiger partial charge in [-0.1, -0.05) is 13.3 Å². The molecule has 1 unspecified atom stereocenters. The Hall–Kier alpha value is -2.32. The minimum atomic E-state index is 0.219. The van der Waals surface area contributed by atoms with Gasteiger partial charge >= 0.3 is 0 Å². The Labute approximate surface area is 193 Å². The van der Waals surface area contributed by atoms with Gasteiger partial charge in [0, 0.05) is 31.3 Å². The summed E-state index contributed by atoms with van der Waals surface area (Å²) in [6, 6.07) is 2.53. The minimum absolute atomic E-state index is 0.219. The van der Waals surface area contributed by atoms with E-state index in [2.05, 4.69) is 28.6 Å². The standard InChI is InChI=1S/C24H32N6OS/c1-3-15(13-31)9-11-26-22-19(14(2)27-24(30-22)28-17-5-4-6-17)23-29-21-18(32-23)10-12-25-20(21)16-7-8-16/h10,12,15-17,31H,3-9,11,13H2,1-2H3,(H2,26,27,28,30). The number of hydrogen-bond donors (Lipinski definition) is 3. The van der Waals surface area contributed by atoms with E-state index in [1.807, 2.05) is 13.1 Å². The molecule has 2 aliphatic rings. The van der Waals surface area contributed by atoms with E-state index < -0.39 is 0 Å². The first kappa shape index (κ1) is 21.5. The van der Waals surface area contributed by atoms with E-state index in [-0.39, 0.29) is 6.61 Å². The molecule has 8 heteroatoms. The molecule has 3 heterocycles. The molecule has 2 aliphatic carbocycles. The number of aromatic nitrogens is 4. The zero-order valence-electron chi connectivity index (χ0n) is 18.9. The Kier molecular flexibility index (Phi) is 6.24. The number of fused-ring (bicyclic) bond motifs is 1. The Morgan fingerprint density at radius 1 is 1.19 bits per heavy atom. The van der Waals surface area contributed by atoms with Crippen molar-refractivity contribution in [3.63, 3.8) is 0 Å². The number of hydrogen-bond acceptors (Lipinski definition) is 8. The molecule has 0 aliphatic heterocycles. The summed E-state index contributed by atoms with van der Waals surface area (Å²) in [4.78, 5) is 19.3. The molecule has 0 amide bonds. The van der Waals surface area contributed by atoms with Gasteiger partial charge in [-0.15, -0.1) is 11.3 Å². The van der Waals surface area contributed by atoms with Crippen LogP contribution in [0, 0.1) is 12.8 Å². The number of aliphatic hydroxyl groups excluding tert-OH is 1. The van der Waals surface area contributed by atoms with Crippen LogP contribution in [-0.2, 0) is 0 Å². The highest BCUT2D eigenvalue weighted by Crippen LogP contribution is 2.44. The fourth-order valence-electron chi connectivity index (χ4n) is 4.21. The summed E-state index contributed by atoms with van der Waals surface area (Å²) in [5.41, 5.74) is 4.07. The van der Waals surface area contributed by atoms with Crippen LogP contribution in [0.15, 0.2) is 12.3 Å². The van der Waals surface area contributed by atoms with E-state index in [0.717, 1.165) is 52.7 Å². The number of anilines is 2. The molecule has 0 spiro atoms. The van der Waals surface area contributed by atoms with E-state index in [1.165, 1.54) is 36.8 Å². The van der Waals surface area contributed by atoms with Crippen LogP contribution in [0.4, 0.5) is 11.8 Å². The maximum Gasteiger partial charge on any atom is 0.225 e. The highest BCUT2D eigenvalue weighted by atomic mass is 32.1. The molecule has 0 radical (unpaired) electrons. The van der Waals surface area contributed by atoms with E-state index in [9.17, 15) is 5.11 Å². The van der Waals surface area contributed by atoms with Crippen molar-refractivity contribution in [3.8, 4) is 10.6 Å². The lowest BCUT2D eigenvalue weighted by atomic mass is 9.93. The molecule has 7 nitrogen and oxygen atoms in total. The lowest BCUT2D eigenvalue weighted by Gasteiger charge is -2.27. The molecule has 0 saturated heterocycles. The Balaban J connectivity index is 1.49. The second kappa shape index (κ2) is 9.27. The lowest BCUT2D eigenvalue weighted by Crippen LogP contribution is -2.28. The third-order valence-electron chi connectivity index (χ3n) is 6.72. The number of aliphatic hydroxyl groups is 1. The lowest BCUT2D eigenvalue weighted by molar-refractivity contribution is 0.217. The first-order chi connectivity index (χ1) is 15.7. The van der Waals surface area contributed by atoms with E-state index in [4.69, 9.17) is 15.0 Å². The summed E-state index contributed by atoms with van der Waals surface area (Å²) >= 11 is 1.69. The normalized spacial score (nSPS) is 17.3. The van der Waals surface area contributed by atoms with Crippen LogP contribution in [0.25, 0.3) is 20.8 Å². The average Bonchev–Trinajstić information content (AvgIpc) is 3.51. The van der Waals surface area contributed by atoms with Crippen LogP contribution in [0.5, 0.6) is 0 Å². The number of nitrogens with one attached hydrogen (secondary N) is 2. The van der Waals surface area contributed by atoms with Gasteiger partial charge in [-0.2, -0.15) is 4.98 Å². The monoisotopic (exact) mass is 452 g/mol. The zero-order chi connectivity index (χ0) is 22.1. The molecule has 3 aromatic rings. The maximum absolute atomic E-state index is 9.56. The summed E-state index contributed by atoms with van der Waals surface area (Å²) in [6.45, 7) is 5.14. The van der Waals surface area contributed by atoms with Gasteiger partial charge in [0.1, 0.15) is 16.3 Å². The van der Waals surface area contributed by atoms with Crippen molar-refractivity contribution in [1.29, 1.82) is 0 Å². The summed E-state index contributed by atoms with van der Waals surface area (Å²) in [5.74, 6) is 2.37. The molecule has 32 heavy (non-hydrogen) atoms. The largest absolute Gasteiger partial charge is 0.396 e. The van der Waals surface area contributed by atoms with E-state index in [1.54, 1.807) is 11.3 Å². The SMILES string of the molecule is CCC(CO)CCNc1nc(NC2CCC2)nc(C)c1-c1nc2c(C3CC3)nccc2s1. The summed E-state index contributed by atoms with van der Waals surface area (Å²) < 4.78 is 1.17. The smallest absolute Gasteiger partial charge is 0.225 e. The van der Waals surface area contributed by atoms with Gasteiger partial charge in [0.25, 0.3) is 0 Å². The second-order valence-electron chi connectivity index (χ2n) is 9.14. The number of aryl methyl sites for hydroxylation is 1. The van der Waals surface area contributed by atoms with Gasteiger partial charge < -0.3 is 15.7 Å². The van der Waals surface area contributed by atoms with Crippen molar-refractivity contribution in [3.05, 3.63) is 23.7 Å². The molecule has 1 atom stereocenters. The fraction of sp³-hybridized carbons (Fsp3) is 0.583. The zero-order valence-corrected chi connectivity index (χ0v) is 19.7. The van der Waals surface area contributed by atoms with Crippen LogP contribution in [0.1, 0.15) is 69.2 Å². The van der Waals surface area contributed by atoms with Crippen molar-refractivity contribution in [1.82, 2.24) is 19.9 Å². The Morgan fingerprint density at radius 3 is 2.72 bits per heavy atom. The molecule has 0 aromatic carbocycles. The van der Waals surface area contributed by atoms with Gasteiger partial charge in [-0.05, 0) is 57.4 Å². The van der Waals surface area contributed by atoms with Crippen molar-refractivity contribution in [2.24, 2.45) is 5.92 Å². The highest BCUT2D eigenvalue weighted by molar-refractivity contribution is 7.21. The molecule has 170 valence electrons. The van der Waals surface area contributed by atoms with Crippen LogP contribution in [0.3, 0.4) is 0 Å². The van der Waals surface area contributed by atoms with Gasteiger partial charge in [0.15, 0.2) is 0 Å². The maximum atomic E-state index is 9.56. The Morgan fingerprint density at radius 2 is 2.03 bits per heavy atom. The molecule has 3 N–H and O–H groups in total. The molecule has 5 rings (SSSR count). The second-order valence-corrected chi connectivity index (χ2v) is 10.2. The molecule has 0 bridgehead atoms.